The predicted octanol–water partition coefficient (Wildman–Crippen LogP) is 2.81. The van der Waals surface area contributed by atoms with E-state index in [9.17, 15) is 0 Å². The maximum atomic E-state index is 6.02. The summed E-state index contributed by atoms with van der Waals surface area (Å²) in [5.41, 5.74) is 2.99. The molecule has 88 valence electrons. The van der Waals surface area contributed by atoms with Crippen LogP contribution in [0.1, 0.15) is 0 Å². The fraction of sp³-hybridized carbons (Fsp3) is 0. The maximum Gasteiger partial charge on any atom is 0.160 e. The van der Waals surface area contributed by atoms with Crippen LogP contribution in [0.15, 0.2) is 30.6 Å². The van der Waals surface area contributed by atoms with Gasteiger partial charge in [-0.3, -0.25) is 4.98 Å². The van der Waals surface area contributed by atoms with E-state index in [-0.39, 0.29) is 0 Å². The van der Waals surface area contributed by atoms with Crippen molar-refractivity contribution in [1.82, 2.24) is 9.97 Å². The van der Waals surface area contributed by atoms with E-state index in [0.29, 0.717) is 27.4 Å². The van der Waals surface area contributed by atoms with E-state index in [1.54, 1.807) is 24.4 Å². The van der Waals surface area contributed by atoms with E-state index in [2.05, 4.69) is 20.7 Å². The zero-order valence-electron chi connectivity index (χ0n) is 8.61. The SMILES string of the molecule is NNc1cncc(Nc2c(Cl)cccc2Cl)n1. The Morgan fingerprint density at radius 2 is 1.71 bits per heavy atom. The van der Waals surface area contributed by atoms with Crippen molar-refractivity contribution in [1.29, 1.82) is 0 Å². The number of hydrogen-bond acceptors (Lipinski definition) is 5. The van der Waals surface area contributed by atoms with E-state index in [1.807, 2.05) is 0 Å². The van der Waals surface area contributed by atoms with Gasteiger partial charge in [0, 0.05) is 0 Å². The Morgan fingerprint density at radius 1 is 1.06 bits per heavy atom. The molecule has 2 rings (SSSR count). The normalized spacial score (nSPS) is 10.1. The highest BCUT2D eigenvalue weighted by atomic mass is 35.5. The van der Waals surface area contributed by atoms with Crippen LogP contribution in [0.25, 0.3) is 0 Å². The number of nitrogens with two attached hydrogens (primary N) is 1. The summed E-state index contributed by atoms with van der Waals surface area (Å²) in [4.78, 5) is 8.10. The number of aromatic nitrogens is 2. The van der Waals surface area contributed by atoms with Gasteiger partial charge in [0.05, 0.1) is 28.1 Å². The number of benzene rings is 1. The van der Waals surface area contributed by atoms with Crippen LogP contribution in [0.3, 0.4) is 0 Å². The van der Waals surface area contributed by atoms with Gasteiger partial charge in [0.1, 0.15) is 0 Å². The van der Waals surface area contributed by atoms with Crippen LogP contribution in [0.2, 0.25) is 10.0 Å². The van der Waals surface area contributed by atoms with Crippen molar-refractivity contribution < 1.29 is 0 Å². The van der Waals surface area contributed by atoms with Crippen molar-refractivity contribution in [3.8, 4) is 0 Å². The largest absolute Gasteiger partial charge is 0.336 e. The number of hydrazine groups is 1. The molecule has 5 nitrogen and oxygen atoms in total. The molecule has 0 unspecified atom stereocenters. The van der Waals surface area contributed by atoms with Crippen LogP contribution >= 0.6 is 23.2 Å². The molecule has 1 aromatic heterocycles. The first-order chi connectivity index (χ1) is 8.20. The first-order valence-electron chi connectivity index (χ1n) is 4.70. The molecule has 0 saturated heterocycles. The lowest BCUT2D eigenvalue weighted by molar-refractivity contribution is 1.16. The minimum atomic E-state index is 0.443. The van der Waals surface area contributed by atoms with Gasteiger partial charge in [-0.15, -0.1) is 0 Å². The zero-order valence-corrected chi connectivity index (χ0v) is 10.1. The van der Waals surface area contributed by atoms with Crippen molar-refractivity contribution in [2.24, 2.45) is 5.84 Å². The summed E-state index contributed by atoms with van der Waals surface area (Å²) in [6.07, 6.45) is 3.04. The highest BCUT2D eigenvalue weighted by Crippen LogP contribution is 2.31. The summed E-state index contributed by atoms with van der Waals surface area (Å²) in [5.74, 6) is 6.18. The van der Waals surface area contributed by atoms with Gasteiger partial charge in [0.2, 0.25) is 0 Å². The lowest BCUT2D eigenvalue weighted by Gasteiger charge is -2.09. The molecule has 0 aliphatic carbocycles. The Bertz CT molecular complexity index is 512. The minimum absolute atomic E-state index is 0.443. The number of para-hydroxylation sites is 1. The summed E-state index contributed by atoms with van der Waals surface area (Å²) < 4.78 is 0. The summed E-state index contributed by atoms with van der Waals surface area (Å²) in [7, 11) is 0. The third-order valence-electron chi connectivity index (χ3n) is 2.00. The second-order valence-corrected chi connectivity index (χ2v) is 3.97. The van der Waals surface area contributed by atoms with Gasteiger partial charge in [0.15, 0.2) is 11.6 Å². The number of halogens is 2. The number of nitrogens with zero attached hydrogens (tertiary/aromatic N) is 2. The van der Waals surface area contributed by atoms with Gasteiger partial charge < -0.3 is 10.7 Å². The van der Waals surface area contributed by atoms with Crippen molar-refractivity contribution in [2.75, 3.05) is 10.7 Å². The molecule has 17 heavy (non-hydrogen) atoms. The standard InChI is InChI=1S/C10H9Cl2N5/c11-6-2-1-3-7(12)10(6)16-8-4-14-5-9(15-8)17-13/h1-5H,13H2,(H2,15,16,17). The summed E-state index contributed by atoms with van der Waals surface area (Å²) in [6.45, 7) is 0. The molecule has 0 fully saturated rings. The monoisotopic (exact) mass is 269 g/mol. The van der Waals surface area contributed by atoms with Gasteiger partial charge >= 0.3 is 0 Å². The number of rotatable bonds is 3. The van der Waals surface area contributed by atoms with E-state index < -0.39 is 0 Å². The molecule has 0 atom stereocenters. The smallest absolute Gasteiger partial charge is 0.160 e. The Morgan fingerprint density at radius 3 is 2.35 bits per heavy atom. The molecule has 1 aromatic carbocycles. The second kappa shape index (κ2) is 5.18. The average Bonchev–Trinajstić information content (AvgIpc) is 2.34. The summed E-state index contributed by atoms with van der Waals surface area (Å²) >= 11 is 12.0. The van der Waals surface area contributed by atoms with Crippen molar-refractivity contribution in [3.05, 3.63) is 40.6 Å². The molecular formula is C10H9Cl2N5. The van der Waals surface area contributed by atoms with Crippen LogP contribution in [-0.2, 0) is 0 Å². The molecule has 1 heterocycles. The van der Waals surface area contributed by atoms with Crippen LogP contribution < -0.4 is 16.6 Å². The highest BCUT2D eigenvalue weighted by molar-refractivity contribution is 6.39. The third-order valence-corrected chi connectivity index (χ3v) is 2.63. The molecule has 0 bridgehead atoms. The first-order valence-corrected chi connectivity index (χ1v) is 5.46. The Kier molecular flexibility index (Phi) is 3.63. The molecule has 0 radical (unpaired) electrons. The van der Waals surface area contributed by atoms with Crippen LogP contribution in [0.4, 0.5) is 17.3 Å². The Labute approximate surface area is 108 Å². The molecule has 4 N–H and O–H groups in total. The third kappa shape index (κ3) is 2.76. The fourth-order valence-electron chi connectivity index (χ4n) is 1.24. The molecule has 0 aliphatic heterocycles. The molecule has 2 aromatic rings. The quantitative estimate of drug-likeness (QED) is 0.590. The molecule has 7 heteroatoms. The van der Waals surface area contributed by atoms with Crippen molar-refractivity contribution >= 4 is 40.5 Å². The number of nitrogen functional groups attached to an aromatic ring is 1. The van der Waals surface area contributed by atoms with Gasteiger partial charge in [-0.1, -0.05) is 29.3 Å². The molecule has 0 spiro atoms. The minimum Gasteiger partial charge on any atom is -0.336 e. The van der Waals surface area contributed by atoms with Gasteiger partial charge in [0.25, 0.3) is 0 Å². The lowest BCUT2D eigenvalue weighted by Crippen LogP contribution is -2.09. The number of nitrogens with one attached hydrogen (secondary N) is 2. The Hall–Kier alpha value is -1.56. The predicted molar refractivity (Wildman–Crippen MR) is 69.6 cm³/mol. The highest BCUT2D eigenvalue weighted by Gasteiger charge is 2.06. The first kappa shape index (κ1) is 11.9. The van der Waals surface area contributed by atoms with E-state index in [1.165, 1.54) is 6.20 Å². The Balaban J connectivity index is 2.31. The molecule has 0 aliphatic rings. The van der Waals surface area contributed by atoms with Crippen molar-refractivity contribution in [3.63, 3.8) is 0 Å². The van der Waals surface area contributed by atoms with Crippen LogP contribution in [0.5, 0.6) is 0 Å². The molecule has 0 amide bonds. The van der Waals surface area contributed by atoms with E-state index >= 15 is 0 Å². The van der Waals surface area contributed by atoms with E-state index in [4.69, 9.17) is 29.0 Å². The number of hydrogen-bond donors (Lipinski definition) is 3. The molecular weight excluding hydrogens is 261 g/mol. The second-order valence-electron chi connectivity index (χ2n) is 3.16. The summed E-state index contributed by atoms with van der Waals surface area (Å²) in [6, 6.07) is 5.22. The molecule has 0 saturated carbocycles. The van der Waals surface area contributed by atoms with Crippen molar-refractivity contribution in [2.45, 2.75) is 0 Å². The summed E-state index contributed by atoms with van der Waals surface area (Å²) in [5, 5.41) is 3.99. The number of anilines is 3. The van der Waals surface area contributed by atoms with Crippen LogP contribution in [0, 0.1) is 0 Å². The fourth-order valence-corrected chi connectivity index (χ4v) is 1.73. The average molecular weight is 270 g/mol. The van der Waals surface area contributed by atoms with Gasteiger partial charge in [-0.25, -0.2) is 10.8 Å². The maximum absolute atomic E-state index is 6.02. The lowest BCUT2D eigenvalue weighted by atomic mass is 10.3. The topological polar surface area (TPSA) is 75.9 Å². The van der Waals surface area contributed by atoms with E-state index in [0.717, 1.165) is 0 Å². The van der Waals surface area contributed by atoms with Gasteiger partial charge in [-0.05, 0) is 12.1 Å². The zero-order chi connectivity index (χ0) is 12.3. The van der Waals surface area contributed by atoms with Crippen LogP contribution in [-0.4, -0.2) is 9.97 Å². The van der Waals surface area contributed by atoms with Gasteiger partial charge in [-0.2, -0.15) is 0 Å².